The fourth-order valence-electron chi connectivity index (χ4n) is 4.67. The molecule has 1 N–H and O–H groups in total. The fourth-order valence-corrected chi connectivity index (χ4v) is 4.67. The van der Waals surface area contributed by atoms with Gasteiger partial charge in [-0.05, 0) is 52.6 Å². The molecule has 0 radical (unpaired) electrons. The van der Waals surface area contributed by atoms with Crippen LogP contribution in [0, 0.1) is 15.5 Å². The van der Waals surface area contributed by atoms with Crippen LogP contribution in [0.1, 0.15) is 59.1 Å². The molecular weight excluding hydrogens is 470 g/mol. The number of hydrogen-bond donors (Lipinski definition) is 1. The Kier molecular flexibility index (Phi) is 8.53. The Morgan fingerprint density at radius 2 is 1.73 bits per heavy atom. The zero-order valence-electron chi connectivity index (χ0n) is 22.3. The lowest BCUT2D eigenvalue weighted by Crippen LogP contribution is -2.26. The number of carbonyl (C=O) groups excluding carboxylic acids is 1. The van der Waals surface area contributed by atoms with Gasteiger partial charge in [-0.2, -0.15) is 5.10 Å². The molecule has 8 heteroatoms. The van der Waals surface area contributed by atoms with Crippen LogP contribution >= 0.6 is 0 Å². The van der Waals surface area contributed by atoms with Gasteiger partial charge < -0.3 is 9.47 Å². The van der Waals surface area contributed by atoms with Crippen molar-refractivity contribution in [3.8, 4) is 11.5 Å². The molecule has 0 unspecified atom stereocenters. The van der Waals surface area contributed by atoms with Gasteiger partial charge in [0.05, 0.1) is 17.7 Å². The highest BCUT2D eigenvalue weighted by atomic mass is 16.6. The molecule has 1 amide bonds. The summed E-state index contributed by atoms with van der Waals surface area (Å²) >= 11 is 0. The van der Waals surface area contributed by atoms with Gasteiger partial charge in [0.25, 0.3) is 5.91 Å². The van der Waals surface area contributed by atoms with Crippen LogP contribution in [0.5, 0.6) is 11.5 Å². The SMILES string of the molecule is CCOc1ccc2ccccc2c1/C=N\NC(=O)COc1ccc(C(C)(C)CC(C)(C)C)cc1[N+](=O)[O-]. The molecule has 0 bridgehead atoms. The Morgan fingerprint density at radius 1 is 1.03 bits per heavy atom. The molecule has 3 aromatic rings. The van der Waals surface area contributed by atoms with Gasteiger partial charge in [0.1, 0.15) is 5.75 Å². The number of amides is 1. The molecule has 0 saturated carbocycles. The summed E-state index contributed by atoms with van der Waals surface area (Å²) < 4.78 is 11.2. The van der Waals surface area contributed by atoms with Crippen molar-refractivity contribution in [2.45, 2.75) is 53.4 Å². The molecule has 3 aromatic carbocycles. The molecule has 0 aliphatic rings. The first kappa shape index (κ1) is 27.6. The number of hydrazone groups is 1. The molecular formula is C29H35N3O5. The number of nitro groups is 1. The number of fused-ring (bicyclic) bond motifs is 1. The Labute approximate surface area is 217 Å². The lowest BCUT2D eigenvalue weighted by molar-refractivity contribution is -0.385. The third-order valence-electron chi connectivity index (χ3n) is 5.88. The summed E-state index contributed by atoms with van der Waals surface area (Å²) in [6, 6.07) is 16.5. The highest BCUT2D eigenvalue weighted by molar-refractivity contribution is 6.02. The quantitative estimate of drug-likeness (QED) is 0.195. The van der Waals surface area contributed by atoms with Crippen molar-refractivity contribution in [2.75, 3.05) is 13.2 Å². The third kappa shape index (κ3) is 7.29. The van der Waals surface area contributed by atoms with Crippen LogP contribution in [0.3, 0.4) is 0 Å². The van der Waals surface area contributed by atoms with Crippen molar-refractivity contribution in [2.24, 2.45) is 10.5 Å². The summed E-state index contributed by atoms with van der Waals surface area (Å²) in [6.45, 7) is 12.5. The number of nitro benzene ring substituents is 1. The minimum atomic E-state index is -0.541. The van der Waals surface area contributed by atoms with Gasteiger partial charge in [0, 0.05) is 11.6 Å². The first-order valence-corrected chi connectivity index (χ1v) is 12.3. The molecule has 0 spiro atoms. The Bertz CT molecular complexity index is 1310. The summed E-state index contributed by atoms with van der Waals surface area (Å²) in [4.78, 5) is 23.6. The molecule has 3 rings (SSSR count). The lowest BCUT2D eigenvalue weighted by Gasteiger charge is -2.33. The first-order valence-electron chi connectivity index (χ1n) is 12.3. The van der Waals surface area contributed by atoms with E-state index in [0.29, 0.717) is 12.4 Å². The average molecular weight is 506 g/mol. The van der Waals surface area contributed by atoms with Gasteiger partial charge in [-0.1, -0.05) is 71.0 Å². The van der Waals surface area contributed by atoms with Gasteiger partial charge in [-0.3, -0.25) is 14.9 Å². The number of hydrogen-bond acceptors (Lipinski definition) is 6. The Morgan fingerprint density at radius 3 is 2.41 bits per heavy atom. The minimum Gasteiger partial charge on any atom is -0.493 e. The van der Waals surface area contributed by atoms with Gasteiger partial charge in [0.2, 0.25) is 0 Å². The van der Waals surface area contributed by atoms with Crippen LogP contribution < -0.4 is 14.9 Å². The van der Waals surface area contributed by atoms with Crippen molar-refractivity contribution in [3.63, 3.8) is 0 Å². The summed E-state index contributed by atoms with van der Waals surface area (Å²) in [5, 5.41) is 17.8. The van der Waals surface area contributed by atoms with E-state index < -0.39 is 17.4 Å². The summed E-state index contributed by atoms with van der Waals surface area (Å²) in [7, 11) is 0. The highest BCUT2D eigenvalue weighted by Gasteiger charge is 2.30. The van der Waals surface area contributed by atoms with Crippen LogP contribution in [-0.4, -0.2) is 30.3 Å². The monoisotopic (exact) mass is 505 g/mol. The lowest BCUT2D eigenvalue weighted by atomic mass is 9.72. The summed E-state index contributed by atoms with van der Waals surface area (Å²) in [5.74, 6) is 0.147. The van der Waals surface area contributed by atoms with Crippen molar-refractivity contribution in [1.82, 2.24) is 5.43 Å². The van der Waals surface area contributed by atoms with Crippen LogP contribution in [0.15, 0.2) is 59.7 Å². The number of nitrogens with zero attached hydrogens (tertiary/aromatic N) is 2. The van der Waals surface area contributed by atoms with Crippen LogP contribution in [0.2, 0.25) is 0 Å². The second kappa shape index (κ2) is 11.4. The molecule has 37 heavy (non-hydrogen) atoms. The molecule has 0 saturated heterocycles. The topological polar surface area (TPSA) is 103 Å². The maximum absolute atomic E-state index is 12.4. The predicted molar refractivity (Wildman–Crippen MR) is 147 cm³/mol. The van der Waals surface area contributed by atoms with Crippen molar-refractivity contribution in [1.29, 1.82) is 0 Å². The van der Waals surface area contributed by atoms with Gasteiger partial charge in [0.15, 0.2) is 12.4 Å². The van der Waals surface area contributed by atoms with Crippen LogP contribution in [0.25, 0.3) is 10.8 Å². The fraction of sp³-hybridized carbons (Fsp3) is 0.379. The standard InChI is InChI=1S/C29H35N3O5/c1-7-36-25-14-12-20-10-8-9-11-22(20)23(25)17-30-31-27(33)18-37-26-15-13-21(16-24(26)32(34)35)29(5,6)19-28(2,3)4/h8-17H,7,18-19H2,1-6H3,(H,31,33)/b30-17-. The van der Waals surface area contributed by atoms with Gasteiger partial charge >= 0.3 is 5.69 Å². The largest absolute Gasteiger partial charge is 0.493 e. The van der Waals surface area contributed by atoms with Gasteiger partial charge in [-0.15, -0.1) is 0 Å². The van der Waals surface area contributed by atoms with E-state index in [-0.39, 0.29) is 22.3 Å². The van der Waals surface area contributed by atoms with E-state index in [1.54, 1.807) is 6.07 Å². The number of benzene rings is 3. The van der Waals surface area contributed by atoms with E-state index >= 15 is 0 Å². The smallest absolute Gasteiger partial charge is 0.311 e. The van der Waals surface area contributed by atoms with E-state index in [1.807, 2.05) is 49.4 Å². The number of ether oxygens (including phenoxy) is 2. The highest BCUT2D eigenvalue weighted by Crippen LogP contribution is 2.39. The minimum absolute atomic E-state index is 0.0344. The predicted octanol–water partition coefficient (Wildman–Crippen LogP) is 6.39. The van der Waals surface area contributed by atoms with Crippen molar-refractivity contribution >= 4 is 28.6 Å². The third-order valence-corrected chi connectivity index (χ3v) is 5.88. The zero-order chi connectivity index (χ0) is 27.2. The summed E-state index contributed by atoms with van der Waals surface area (Å²) in [5.41, 5.74) is 3.63. The zero-order valence-corrected chi connectivity index (χ0v) is 22.3. The maximum atomic E-state index is 12.4. The molecule has 0 fully saturated rings. The Hall–Kier alpha value is -3.94. The number of nitrogens with one attached hydrogen (secondary N) is 1. The molecule has 0 aliphatic carbocycles. The number of rotatable bonds is 10. The maximum Gasteiger partial charge on any atom is 0.311 e. The van der Waals surface area contributed by atoms with E-state index in [0.717, 1.165) is 28.3 Å². The van der Waals surface area contributed by atoms with Gasteiger partial charge in [-0.25, -0.2) is 5.43 Å². The van der Waals surface area contributed by atoms with Crippen LogP contribution in [-0.2, 0) is 10.2 Å². The molecule has 0 aromatic heterocycles. The molecule has 0 heterocycles. The normalized spacial score (nSPS) is 12.1. The van der Waals surface area contributed by atoms with E-state index in [1.165, 1.54) is 12.3 Å². The molecule has 0 atom stereocenters. The Balaban J connectivity index is 1.71. The molecule has 0 aliphatic heterocycles. The van der Waals surface area contributed by atoms with E-state index in [2.05, 4.69) is 45.1 Å². The van der Waals surface area contributed by atoms with Crippen molar-refractivity contribution < 1.29 is 19.2 Å². The summed E-state index contributed by atoms with van der Waals surface area (Å²) in [6.07, 6.45) is 2.37. The molecule has 8 nitrogen and oxygen atoms in total. The van der Waals surface area contributed by atoms with E-state index in [4.69, 9.17) is 9.47 Å². The second-order valence-electron chi connectivity index (χ2n) is 10.8. The molecule has 196 valence electrons. The second-order valence-corrected chi connectivity index (χ2v) is 10.8. The van der Waals surface area contributed by atoms with Crippen molar-refractivity contribution in [3.05, 3.63) is 75.8 Å². The van der Waals surface area contributed by atoms with E-state index in [9.17, 15) is 14.9 Å². The average Bonchev–Trinajstić information content (AvgIpc) is 2.82. The first-order chi connectivity index (χ1) is 17.4. The van der Waals surface area contributed by atoms with Crippen LogP contribution in [0.4, 0.5) is 5.69 Å². The number of carbonyl (C=O) groups is 1.